The van der Waals surface area contributed by atoms with Crippen LogP contribution in [0.3, 0.4) is 0 Å². The van der Waals surface area contributed by atoms with E-state index >= 15 is 0 Å². The van der Waals surface area contributed by atoms with E-state index in [2.05, 4.69) is 29.8 Å². The van der Waals surface area contributed by atoms with Gasteiger partial charge >= 0.3 is 5.97 Å². The molecule has 0 radical (unpaired) electrons. The molecule has 0 saturated heterocycles. The summed E-state index contributed by atoms with van der Waals surface area (Å²) in [7, 11) is 1.24. The summed E-state index contributed by atoms with van der Waals surface area (Å²) in [6.07, 6.45) is 8.83. The molecule has 1 amide bonds. The van der Waals surface area contributed by atoms with E-state index in [0.717, 1.165) is 12.2 Å². The molecule has 0 atom stereocenters. The maximum absolute atomic E-state index is 10.9. The molecule has 16 heavy (non-hydrogen) atoms. The maximum Gasteiger partial charge on any atom is 0.330 e. The van der Waals surface area contributed by atoms with Crippen molar-refractivity contribution in [2.45, 2.75) is 26.7 Å². The smallest absolute Gasteiger partial charge is 0.330 e. The molecule has 0 rings (SSSR count). The molecule has 0 saturated carbocycles. The van der Waals surface area contributed by atoms with Gasteiger partial charge in [-0.3, -0.25) is 4.79 Å². The molecule has 0 aromatic rings. The largest absolute Gasteiger partial charge is 0.466 e. The highest BCUT2D eigenvalue weighted by Gasteiger charge is 1.95. The summed E-state index contributed by atoms with van der Waals surface area (Å²) in [6, 6.07) is 0. The first-order valence-electron chi connectivity index (χ1n) is 5.09. The Hall–Kier alpha value is -1.76. The number of terminal acetylenes is 1. The molecule has 0 heterocycles. The van der Waals surface area contributed by atoms with Crippen molar-refractivity contribution < 1.29 is 14.3 Å². The van der Waals surface area contributed by atoms with Gasteiger partial charge in [0.15, 0.2) is 0 Å². The number of amides is 1. The summed E-state index contributed by atoms with van der Waals surface area (Å²) in [5, 5.41) is 2.49. The highest BCUT2D eigenvalue weighted by molar-refractivity contribution is 5.94. The number of rotatable bonds is 4. The Labute approximate surface area is 97.1 Å². The Kier molecular flexibility index (Phi) is 13.8. The molecule has 1 N–H and O–H groups in total. The number of hydrogen-bond donors (Lipinski definition) is 1. The average molecular weight is 225 g/mol. The van der Waals surface area contributed by atoms with Crippen molar-refractivity contribution in [2.75, 3.05) is 13.7 Å². The lowest BCUT2D eigenvalue weighted by Crippen LogP contribution is -2.22. The van der Waals surface area contributed by atoms with Gasteiger partial charge in [0.1, 0.15) is 0 Å². The highest BCUT2D eigenvalue weighted by Crippen LogP contribution is 1.79. The van der Waals surface area contributed by atoms with Crippen molar-refractivity contribution >= 4 is 11.9 Å². The molecular formula is C12H19NO3. The fraction of sp³-hybridized carbons (Fsp3) is 0.500. The number of carbonyl (C=O) groups is 2. The molecule has 0 unspecified atom stereocenters. The molecule has 0 aliphatic carbocycles. The predicted molar refractivity (Wildman–Crippen MR) is 63.6 cm³/mol. The molecule has 0 fully saturated rings. The third kappa shape index (κ3) is 14.7. The van der Waals surface area contributed by atoms with Gasteiger partial charge < -0.3 is 10.1 Å². The van der Waals surface area contributed by atoms with Crippen LogP contribution in [0.15, 0.2) is 12.2 Å². The molecular weight excluding hydrogens is 206 g/mol. The quantitative estimate of drug-likeness (QED) is 0.339. The molecule has 0 aromatic carbocycles. The van der Waals surface area contributed by atoms with Crippen molar-refractivity contribution in [3.05, 3.63) is 12.2 Å². The lowest BCUT2D eigenvalue weighted by molar-refractivity contribution is -0.135. The topological polar surface area (TPSA) is 55.4 Å². The van der Waals surface area contributed by atoms with Crippen molar-refractivity contribution in [3.63, 3.8) is 0 Å². The third-order valence-corrected chi connectivity index (χ3v) is 1.14. The lowest BCUT2D eigenvalue weighted by atomic mass is 10.4. The van der Waals surface area contributed by atoms with Crippen LogP contribution in [0, 0.1) is 12.3 Å². The second-order valence-corrected chi connectivity index (χ2v) is 2.81. The summed E-state index contributed by atoms with van der Waals surface area (Å²) in [5.74, 6) is 1.45. The third-order valence-electron chi connectivity index (χ3n) is 1.14. The van der Waals surface area contributed by atoms with E-state index in [4.69, 9.17) is 6.42 Å². The molecule has 4 heteroatoms. The SMILES string of the molecule is C#CCCNC(=O)/C=C/C(=O)OC.CCC. The summed E-state index contributed by atoms with van der Waals surface area (Å²) in [6.45, 7) is 4.65. The number of esters is 1. The molecule has 90 valence electrons. The summed E-state index contributed by atoms with van der Waals surface area (Å²) >= 11 is 0. The number of methoxy groups -OCH3 is 1. The number of nitrogens with one attached hydrogen (secondary N) is 1. The predicted octanol–water partition coefficient (Wildman–Crippen LogP) is 1.27. The van der Waals surface area contributed by atoms with E-state index in [1.54, 1.807) is 0 Å². The zero-order valence-corrected chi connectivity index (χ0v) is 10.1. The van der Waals surface area contributed by atoms with Gasteiger partial charge in [-0.1, -0.05) is 20.3 Å². The van der Waals surface area contributed by atoms with Crippen LogP contribution in [0.25, 0.3) is 0 Å². The van der Waals surface area contributed by atoms with E-state index in [1.807, 2.05) is 0 Å². The Morgan fingerprint density at radius 1 is 1.38 bits per heavy atom. The van der Waals surface area contributed by atoms with Gasteiger partial charge in [0.05, 0.1) is 7.11 Å². The Morgan fingerprint density at radius 3 is 2.38 bits per heavy atom. The van der Waals surface area contributed by atoms with E-state index in [1.165, 1.54) is 13.5 Å². The zero-order valence-electron chi connectivity index (χ0n) is 10.1. The second-order valence-electron chi connectivity index (χ2n) is 2.81. The first-order chi connectivity index (χ1) is 7.62. The molecule has 4 nitrogen and oxygen atoms in total. The fourth-order valence-corrected chi connectivity index (χ4v) is 0.529. The van der Waals surface area contributed by atoms with Gasteiger partial charge in [-0.25, -0.2) is 4.79 Å². The van der Waals surface area contributed by atoms with E-state index < -0.39 is 5.97 Å². The standard InChI is InChI=1S/C9H11NO3.C3H8/c1-3-4-7-10-8(11)5-6-9(12)13-2;1-3-2/h1,5-6H,4,7H2,2H3,(H,10,11);3H2,1-2H3/b6-5+;. The van der Waals surface area contributed by atoms with Gasteiger partial charge in [0.2, 0.25) is 5.91 Å². The monoisotopic (exact) mass is 225 g/mol. The Bertz CT molecular complexity index is 264. The molecule has 0 aliphatic rings. The first kappa shape index (κ1) is 16.7. The van der Waals surface area contributed by atoms with Gasteiger partial charge in [-0.15, -0.1) is 12.3 Å². The van der Waals surface area contributed by atoms with Crippen LogP contribution in [0.1, 0.15) is 26.7 Å². The fourth-order valence-electron chi connectivity index (χ4n) is 0.529. The Morgan fingerprint density at radius 2 is 1.94 bits per heavy atom. The van der Waals surface area contributed by atoms with Crippen molar-refractivity contribution in [1.82, 2.24) is 5.32 Å². The number of carbonyl (C=O) groups excluding carboxylic acids is 2. The van der Waals surface area contributed by atoms with Gasteiger partial charge in [0, 0.05) is 25.1 Å². The molecule has 0 spiro atoms. The minimum Gasteiger partial charge on any atom is -0.466 e. The first-order valence-corrected chi connectivity index (χ1v) is 5.09. The van der Waals surface area contributed by atoms with Crippen LogP contribution in [0.2, 0.25) is 0 Å². The minimum atomic E-state index is -0.563. The van der Waals surface area contributed by atoms with Crippen LogP contribution in [-0.2, 0) is 14.3 Å². The van der Waals surface area contributed by atoms with Crippen LogP contribution < -0.4 is 5.32 Å². The average Bonchev–Trinajstić information content (AvgIpc) is 2.27. The summed E-state index contributed by atoms with van der Waals surface area (Å²) < 4.78 is 4.29. The van der Waals surface area contributed by atoms with E-state index in [-0.39, 0.29) is 5.91 Å². The van der Waals surface area contributed by atoms with Crippen LogP contribution in [-0.4, -0.2) is 25.5 Å². The zero-order chi connectivity index (χ0) is 12.8. The van der Waals surface area contributed by atoms with E-state index in [9.17, 15) is 9.59 Å². The van der Waals surface area contributed by atoms with Crippen molar-refractivity contribution in [1.29, 1.82) is 0 Å². The van der Waals surface area contributed by atoms with Gasteiger partial charge in [0.25, 0.3) is 0 Å². The van der Waals surface area contributed by atoms with Crippen molar-refractivity contribution in [3.8, 4) is 12.3 Å². The van der Waals surface area contributed by atoms with Crippen molar-refractivity contribution in [2.24, 2.45) is 0 Å². The summed E-state index contributed by atoms with van der Waals surface area (Å²) in [4.78, 5) is 21.4. The normalized spacial score (nSPS) is 8.62. The molecule has 0 bridgehead atoms. The van der Waals surface area contributed by atoms with Crippen LogP contribution >= 0.6 is 0 Å². The summed E-state index contributed by atoms with van der Waals surface area (Å²) in [5.41, 5.74) is 0. The van der Waals surface area contributed by atoms with Gasteiger partial charge in [-0.05, 0) is 0 Å². The van der Waals surface area contributed by atoms with Crippen LogP contribution in [0.4, 0.5) is 0 Å². The molecule has 0 aromatic heterocycles. The molecule has 0 aliphatic heterocycles. The number of ether oxygens (including phenoxy) is 1. The van der Waals surface area contributed by atoms with Gasteiger partial charge in [-0.2, -0.15) is 0 Å². The maximum atomic E-state index is 10.9. The highest BCUT2D eigenvalue weighted by atomic mass is 16.5. The second kappa shape index (κ2) is 13.2. The van der Waals surface area contributed by atoms with Crippen LogP contribution in [0.5, 0.6) is 0 Å². The minimum absolute atomic E-state index is 0.361. The van der Waals surface area contributed by atoms with E-state index in [0.29, 0.717) is 13.0 Å². The Balaban J connectivity index is 0. The number of hydrogen-bond acceptors (Lipinski definition) is 3. The lowest BCUT2D eigenvalue weighted by Gasteiger charge is -1.96.